The number of fused-ring (bicyclic) bond motifs is 1. The number of amides is 1. The highest BCUT2D eigenvalue weighted by Gasteiger charge is 2.62. The number of hydrogen-bond acceptors (Lipinski definition) is 6. The molecule has 5 rings (SSSR count). The number of aryl methyl sites for hydroxylation is 2. The van der Waals surface area contributed by atoms with Crippen LogP contribution in [-0.2, 0) is 11.3 Å². The minimum Gasteiger partial charge on any atom is -0.459 e. The van der Waals surface area contributed by atoms with Crippen LogP contribution < -0.4 is 5.32 Å². The maximum Gasteiger partial charge on any atom is 0.287 e. The highest BCUT2D eigenvalue weighted by atomic mass is 32.1. The monoisotopic (exact) mass is 387 g/mol. The maximum absolute atomic E-state index is 12.4. The predicted octanol–water partition coefficient (Wildman–Crippen LogP) is 2.76. The molecule has 0 aliphatic carbocycles. The number of hydrogen-bond donors (Lipinski definition) is 1. The zero-order valence-electron chi connectivity index (χ0n) is 15.7. The molecule has 6 nitrogen and oxygen atoms in total. The molecule has 2 aromatic rings. The van der Waals surface area contributed by atoms with Crippen molar-refractivity contribution in [2.24, 2.45) is 11.8 Å². The molecule has 0 aromatic carbocycles. The van der Waals surface area contributed by atoms with E-state index in [-0.39, 0.29) is 17.6 Å². The molecule has 144 valence electrons. The molecule has 0 unspecified atom stereocenters. The maximum atomic E-state index is 12.4. The number of rotatable bonds is 5. The van der Waals surface area contributed by atoms with Gasteiger partial charge in [0.1, 0.15) is 0 Å². The number of carbonyl (C=O) groups is 1. The van der Waals surface area contributed by atoms with Crippen molar-refractivity contribution in [3.8, 4) is 0 Å². The van der Waals surface area contributed by atoms with Crippen molar-refractivity contribution in [2.45, 2.75) is 44.9 Å². The molecular weight excluding hydrogens is 362 g/mol. The van der Waals surface area contributed by atoms with Crippen molar-refractivity contribution in [1.82, 2.24) is 15.2 Å². The quantitative estimate of drug-likeness (QED) is 0.854. The van der Waals surface area contributed by atoms with Crippen molar-refractivity contribution in [2.75, 3.05) is 19.6 Å². The molecule has 2 bridgehead atoms. The van der Waals surface area contributed by atoms with Crippen LogP contribution in [0.5, 0.6) is 0 Å². The van der Waals surface area contributed by atoms with Crippen LogP contribution in [0, 0.1) is 25.7 Å². The van der Waals surface area contributed by atoms with E-state index in [1.165, 1.54) is 0 Å². The first-order chi connectivity index (χ1) is 13.0. The lowest BCUT2D eigenvalue weighted by molar-refractivity contribution is 0.00204. The van der Waals surface area contributed by atoms with Crippen LogP contribution >= 0.6 is 11.3 Å². The summed E-state index contributed by atoms with van der Waals surface area (Å²) in [5.74, 6) is 1.15. The number of aromatic nitrogens is 1. The van der Waals surface area contributed by atoms with Gasteiger partial charge in [-0.25, -0.2) is 4.98 Å². The van der Waals surface area contributed by atoms with Crippen molar-refractivity contribution in [3.63, 3.8) is 0 Å². The summed E-state index contributed by atoms with van der Waals surface area (Å²) in [6, 6.07) is 1.82. The fraction of sp³-hybridized carbons (Fsp3) is 0.600. The van der Waals surface area contributed by atoms with Crippen LogP contribution in [0.25, 0.3) is 0 Å². The van der Waals surface area contributed by atoms with E-state index < -0.39 is 0 Å². The molecule has 3 aliphatic rings. The smallest absolute Gasteiger partial charge is 0.287 e. The topological polar surface area (TPSA) is 67.6 Å². The van der Waals surface area contributed by atoms with Gasteiger partial charge in [0.15, 0.2) is 5.76 Å². The van der Waals surface area contributed by atoms with E-state index in [9.17, 15) is 4.79 Å². The molecule has 7 heteroatoms. The van der Waals surface area contributed by atoms with Gasteiger partial charge < -0.3 is 14.5 Å². The third-order valence-electron chi connectivity index (χ3n) is 6.47. The third-order valence-corrected chi connectivity index (χ3v) is 7.30. The average molecular weight is 388 g/mol. The number of ether oxygens (including phenoxy) is 1. The number of carbonyl (C=O) groups excluding carboxylic acids is 1. The summed E-state index contributed by atoms with van der Waals surface area (Å²) in [7, 11) is 0. The molecule has 0 radical (unpaired) electrons. The van der Waals surface area contributed by atoms with Gasteiger partial charge in [-0.15, -0.1) is 11.3 Å². The molecular formula is C20H25N3O3S. The highest BCUT2D eigenvalue weighted by Crippen LogP contribution is 2.54. The predicted molar refractivity (Wildman–Crippen MR) is 102 cm³/mol. The standard InChI is InChI=1S/C20H25N3O3S/c1-12-4-6-25-18(12)19(24)21-7-15-16-9-23(8-14-10-27-13(2)22-14)11-20(16)5-3-17(15)26-20/h4,6,10,15-17H,3,5,7-9,11H2,1-2H3,(H,21,24)/t15-,16+,17+,20+/m0/s1. The molecule has 4 atom stereocenters. The van der Waals surface area contributed by atoms with Gasteiger partial charge in [0.05, 0.1) is 28.7 Å². The third kappa shape index (κ3) is 2.92. The molecule has 3 saturated heterocycles. The summed E-state index contributed by atoms with van der Waals surface area (Å²) in [5.41, 5.74) is 2.01. The largest absolute Gasteiger partial charge is 0.459 e. The Kier molecular flexibility index (Phi) is 4.14. The molecule has 3 aliphatic heterocycles. The van der Waals surface area contributed by atoms with E-state index in [4.69, 9.17) is 9.15 Å². The molecule has 3 fully saturated rings. The fourth-order valence-corrected chi connectivity index (χ4v) is 5.89. The Balaban J connectivity index is 1.25. The van der Waals surface area contributed by atoms with Crippen LogP contribution in [0.15, 0.2) is 22.1 Å². The van der Waals surface area contributed by atoms with Gasteiger partial charge in [-0.2, -0.15) is 0 Å². The first-order valence-electron chi connectivity index (χ1n) is 9.67. The molecule has 0 saturated carbocycles. The minimum absolute atomic E-state index is 0.0221. The minimum atomic E-state index is -0.123. The molecule has 1 spiro atoms. The molecule has 1 N–H and O–H groups in total. The van der Waals surface area contributed by atoms with Crippen LogP contribution in [-0.4, -0.2) is 47.1 Å². The summed E-state index contributed by atoms with van der Waals surface area (Å²) in [6.07, 6.45) is 4.07. The lowest BCUT2D eigenvalue weighted by Gasteiger charge is -2.29. The molecule has 1 amide bonds. The van der Waals surface area contributed by atoms with E-state index in [0.717, 1.165) is 48.7 Å². The lowest BCUT2D eigenvalue weighted by Crippen LogP contribution is -2.41. The Bertz CT molecular complexity index is 862. The Morgan fingerprint density at radius 2 is 2.37 bits per heavy atom. The number of nitrogens with one attached hydrogen (secondary N) is 1. The Labute approximate surface area is 162 Å². The summed E-state index contributed by atoms with van der Waals surface area (Å²) in [5, 5.41) is 6.36. The van der Waals surface area contributed by atoms with Crippen LogP contribution in [0.1, 0.15) is 39.7 Å². The van der Waals surface area contributed by atoms with Crippen molar-refractivity contribution < 1.29 is 13.9 Å². The van der Waals surface area contributed by atoms with Crippen molar-refractivity contribution in [1.29, 1.82) is 0 Å². The summed E-state index contributed by atoms with van der Waals surface area (Å²) in [6.45, 7) is 7.49. The average Bonchev–Trinajstić information content (AvgIpc) is 3.41. The zero-order chi connectivity index (χ0) is 18.6. The highest BCUT2D eigenvalue weighted by molar-refractivity contribution is 7.09. The van der Waals surface area contributed by atoms with Crippen LogP contribution in [0.4, 0.5) is 0 Å². The van der Waals surface area contributed by atoms with Gasteiger partial charge >= 0.3 is 0 Å². The number of likely N-dealkylation sites (tertiary alicyclic amines) is 1. The van der Waals surface area contributed by atoms with E-state index >= 15 is 0 Å². The van der Waals surface area contributed by atoms with Gasteiger partial charge in [-0.1, -0.05) is 0 Å². The lowest BCUT2D eigenvalue weighted by atomic mass is 9.73. The van der Waals surface area contributed by atoms with E-state index in [2.05, 4.69) is 27.5 Å². The molecule has 27 heavy (non-hydrogen) atoms. The van der Waals surface area contributed by atoms with Crippen molar-refractivity contribution in [3.05, 3.63) is 39.7 Å². The number of nitrogens with zero attached hydrogens (tertiary/aromatic N) is 2. The van der Waals surface area contributed by atoms with Crippen LogP contribution in [0.3, 0.4) is 0 Å². The normalized spacial score (nSPS) is 32.1. The van der Waals surface area contributed by atoms with Gasteiger partial charge in [0.2, 0.25) is 0 Å². The summed E-state index contributed by atoms with van der Waals surface area (Å²) >= 11 is 1.71. The first kappa shape index (κ1) is 17.4. The van der Waals surface area contributed by atoms with Gasteiger partial charge in [0, 0.05) is 49.0 Å². The Morgan fingerprint density at radius 3 is 3.11 bits per heavy atom. The molecule has 5 heterocycles. The Morgan fingerprint density at radius 1 is 1.48 bits per heavy atom. The SMILES string of the molecule is Cc1nc(CN2C[C@@H]3[C@H](CNC(=O)c4occc4C)[C@H]4CC[C@]3(C2)O4)cs1. The van der Waals surface area contributed by atoms with Gasteiger partial charge in [-0.05, 0) is 32.8 Å². The number of furan rings is 1. The second-order valence-electron chi connectivity index (χ2n) is 8.20. The number of thiazole rings is 1. The second-order valence-corrected chi connectivity index (χ2v) is 9.26. The summed E-state index contributed by atoms with van der Waals surface area (Å²) in [4.78, 5) is 19.5. The van der Waals surface area contributed by atoms with E-state index in [0.29, 0.717) is 24.1 Å². The zero-order valence-corrected chi connectivity index (χ0v) is 16.6. The van der Waals surface area contributed by atoms with E-state index in [1.807, 2.05) is 13.0 Å². The first-order valence-corrected chi connectivity index (χ1v) is 10.6. The van der Waals surface area contributed by atoms with Gasteiger partial charge in [-0.3, -0.25) is 9.69 Å². The molecule has 2 aromatic heterocycles. The van der Waals surface area contributed by atoms with Crippen molar-refractivity contribution >= 4 is 17.2 Å². The van der Waals surface area contributed by atoms with Crippen LogP contribution in [0.2, 0.25) is 0 Å². The second kappa shape index (κ2) is 6.43. The fourth-order valence-electron chi connectivity index (χ4n) is 5.29. The summed E-state index contributed by atoms with van der Waals surface area (Å²) < 4.78 is 11.8. The van der Waals surface area contributed by atoms with Gasteiger partial charge in [0.25, 0.3) is 5.91 Å². The Hall–Kier alpha value is -1.70. The van der Waals surface area contributed by atoms with E-state index in [1.54, 1.807) is 17.6 Å².